The van der Waals surface area contributed by atoms with E-state index in [2.05, 4.69) is 49.9 Å². The fourth-order valence-corrected chi connectivity index (χ4v) is 4.84. The Morgan fingerprint density at radius 1 is 1.23 bits per heavy atom. The van der Waals surface area contributed by atoms with E-state index in [1.54, 1.807) is 0 Å². The molecule has 1 atom stereocenters. The van der Waals surface area contributed by atoms with Crippen LogP contribution in [0.4, 0.5) is 0 Å². The first-order valence-corrected chi connectivity index (χ1v) is 12.2. The van der Waals surface area contributed by atoms with Gasteiger partial charge >= 0.3 is 0 Å². The quantitative estimate of drug-likeness (QED) is 0.243. The number of hydrogen-bond acceptors (Lipinski definition) is 6. The molecule has 9 heteroatoms. The number of β-amino-alcohol motifs (C(OH)–C–C–N with tert-alkyl or cyclic N) is 1. The van der Waals surface area contributed by atoms with Gasteiger partial charge in [-0.05, 0) is 57.1 Å². The lowest BCUT2D eigenvalue weighted by Gasteiger charge is -2.33. The van der Waals surface area contributed by atoms with Crippen LogP contribution in [0.25, 0.3) is 0 Å². The van der Waals surface area contributed by atoms with Crippen molar-refractivity contribution in [1.82, 2.24) is 20.4 Å². The summed E-state index contributed by atoms with van der Waals surface area (Å²) in [6.45, 7) is 13.4. The van der Waals surface area contributed by atoms with Crippen LogP contribution in [0.2, 0.25) is 0 Å². The normalized spacial score (nSPS) is 21.3. The number of aliphatic hydroxyl groups is 1. The zero-order valence-electron chi connectivity index (χ0n) is 19.0. The van der Waals surface area contributed by atoms with Crippen molar-refractivity contribution in [2.75, 3.05) is 65.6 Å². The number of aliphatic imine (C=N–C) groups is 1. The Bertz CT molecular complexity index is 630. The first-order chi connectivity index (χ1) is 14.5. The van der Waals surface area contributed by atoms with Crippen molar-refractivity contribution in [3.05, 3.63) is 22.4 Å². The minimum absolute atomic E-state index is 0. The Morgan fingerprint density at radius 2 is 1.97 bits per heavy atom. The fraction of sp³-hybridized carbons (Fsp3) is 0.773. The highest BCUT2D eigenvalue weighted by Crippen LogP contribution is 2.20. The fourth-order valence-electron chi connectivity index (χ4n) is 4.09. The van der Waals surface area contributed by atoms with Crippen LogP contribution in [-0.2, 0) is 11.3 Å². The molecule has 1 unspecified atom stereocenters. The average molecular weight is 566 g/mol. The van der Waals surface area contributed by atoms with Crippen molar-refractivity contribution in [2.24, 2.45) is 10.9 Å². The van der Waals surface area contributed by atoms with E-state index in [0.29, 0.717) is 19.0 Å². The second-order valence-electron chi connectivity index (χ2n) is 8.76. The Balaban J connectivity index is 0.00000341. The van der Waals surface area contributed by atoms with Crippen LogP contribution in [0.15, 0.2) is 22.5 Å². The van der Waals surface area contributed by atoms with E-state index in [1.807, 2.05) is 18.3 Å². The molecule has 7 nitrogen and oxygen atoms in total. The number of piperidine rings is 1. The van der Waals surface area contributed by atoms with Crippen molar-refractivity contribution in [2.45, 2.75) is 38.8 Å². The Morgan fingerprint density at radius 3 is 2.61 bits per heavy atom. The lowest BCUT2D eigenvalue weighted by atomic mass is 9.97. The third kappa shape index (κ3) is 9.91. The van der Waals surface area contributed by atoms with Crippen molar-refractivity contribution < 1.29 is 9.84 Å². The number of nitrogens with one attached hydrogen (secondary N) is 2. The van der Waals surface area contributed by atoms with Crippen LogP contribution in [0.5, 0.6) is 0 Å². The highest BCUT2D eigenvalue weighted by molar-refractivity contribution is 14.0. The zero-order valence-corrected chi connectivity index (χ0v) is 22.2. The minimum atomic E-state index is -0.840. The molecule has 0 radical (unpaired) electrons. The molecule has 3 heterocycles. The molecule has 1 aromatic heterocycles. The number of ether oxygens (including phenoxy) is 1. The Kier molecular flexibility index (Phi) is 12.1. The molecule has 178 valence electrons. The number of nitrogens with zero attached hydrogens (tertiary/aromatic N) is 3. The van der Waals surface area contributed by atoms with Crippen LogP contribution in [-0.4, -0.2) is 92.0 Å². The molecule has 0 amide bonds. The predicted molar refractivity (Wildman–Crippen MR) is 140 cm³/mol. The number of thiophene rings is 1. The number of rotatable bonds is 9. The summed E-state index contributed by atoms with van der Waals surface area (Å²) in [6.07, 6.45) is 2.43. The van der Waals surface area contributed by atoms with Crippen molar-refractivity contribution >= 4 is 41.3 Å². The lowest BCUT2D eigenvalue weighted by molar-refractivity contribution is -0.0180. The van der Waals surface area contributed by atoms with Gasteiger partial charge < -0.3 is 20.5 Å². The van der Waals surface area contributed by atoms with E-state index in [0.717, 1.165) is 65.0 Å². The third-order valence-electron chi connectivity index (χ3n) is 5.81. The lowest BCUT2D eigenvalue weighted by Crippen LogP contribution is -2.48. The van der Waals surface area contributed by atoms with Crippen LogP contribution >= 0.6 is 35.3 Å². The van der Waals surface area contributed by atoms with E-state index < -0.39 is 5.60 Å². The van der Waals surface area contributed by atoms with Crippen LogP contribution < -0.4 is 10.6 Å². The first kappa shape index (κ1) is 26.8. The molecule has 31 heavy (non-hydrogen) atoms. The van der Waals surface area contributed by atoms with E-state index >= 15 is 0 Å². The van der Waals surface area contributed by atoms with Crippen molar-refractivity contribution in [1.29, 1.82) is 0 Å². The zero-order chi connectivity index (χ0) is 21.2. The van der Waals surface area contributed by atoms with Crippen molar-refractivity contribution in [3.63, 3.8) is 0 Å². The Labute approximate surface area is 208 Å². The van der Waals surface area contributed by atoms with Crippen LogP contribution in [0, 0.1) is 5.92 Å². The van der Waals surface area contributed by atoms with Crippen LogP contribution in [0.1, 0.15) is 31.6 Å². The summed E-state index contributed by atoms with van der Waals surface area (Å²) in [5, 5.41) is 19.8. The minimum Gasteiger partial charge on any atom is -0.387 e. The predicted octanol–water partition coefficient (Wildman–Crippen LogP) is 2.22. The van der Waals surface area contributed by atoms with Crippen LogP contribution in [0.3, 0.4) is 0 Å². The molecule has 0 saturated carbocycles. The summed E-state index contributed by atoms with van der Waals surface area (Å²) in [6, 6.07) is 4.36. The van der Waals surface area contributed by atoms with E-state index in [4.69, 9.17) is 4.74 Å². The van der Waals surface area contributed by atoms with Gasteiger partial charge in [0, 0.05) is 44.1 Å². The van der Waals surface area contributed by atoms with Gasteiger partial charge in [0.05, 0.1) is 25.4 Å². The molecule has 0 bridgehead atoms. The molecule has 0 aromatic carbocycles. The standard InChI is InChI=1S/C22H39N5O2S.HI/c1-3-23-21(25-17-22(2,28)18-27-10-12-29-13-11-27)24-15-19-6-8-26(9-7-19)16-20-5-4-14-30-20;/h4-5,14,19,28H,3,6-13,15-18H2,1-2H3,(H2,23,24,25);1H. The third-order valence-corrected chi connectivity index (χ3v) is 6.68. The summed E-state index contributed by atoms with van der Waals surface area (Å²) < 4.78 is 5.39. The highest BCUT2D eigenvalue weighted by atomic mass is 127. The topological polar surface area (TPSA) is 72.4 Å². The van der Waals surface area contributed by atoms with Gasteiger partial charge in [0.1, 0.15) is 0 Å². The molecular formula is C22H40IN5O2S. The molecule has 2 fully saturated rings. The summed E-state index contributed by atoms with van der Waals surface area (Å²) in [4.78, 5) is 10.9. The van der Waals surface area contributed by atoms with Gasteiger partial charge in [-0.15, -0.1) is 35.3 Å². The highest BCUT2D eigenvalue weighted by Gasteiger charge is 2.25. The van der Waals surface area contributed by atoms with Crippen molar-refractivity contribution in [3.8, 4) is 0 Å². The smallest absolute Gasteiger partial charge is 0.191 e. The van der Waals surface area contributed by atoms with Gasteiger partial charge in [0.15, 0.2) is 5.96 Å². The molecule has 2 aliphatic rings. The molecule has 2 saturated heterocycles. The number of hydrogen-bond donors (Lipinski definition) is 3. The molecule has 2 aliphatic heterocycles. The van der Waals surface area contributed by atoms with E-state index in [1.165, 1.54) is 17.7 Å². The molecule has 3 rings (SSSR count). The summed E-state index contributed by atoms with van der Waals surface area (Å²) in [7, 11) is 0. The van der Waals surface area contributed by atoms with Gasteiger partial charge in [-0.1, -0.05) is 6.07 Å². The largest absolute Gasteiger partial charge is 0.387 e. The summed E-state index contributed by atoms with van der Waals surface area (Å²) in [5.74, 6) is 1.48. The molecule has 3 N–H and O–H groups in total. The number of morpholine rings is 1. The molecule has 0 aliphatic carbocycles. The maximum atomic E-state index is 10.8. The number of halogens is 1. The molecular weight excluding hydrogens is 525 g/mol. The molecule has 1 aromatic rings. The summed E-state index contributed by atoms with van der Waals surface area (Å²) >= 11 is 1.85. The first-order valence-electron chi connectivity index (χ1n) is 11.3. The summed E-state index contributed by atoms with van der Waals surface area (Å²) in [5.41, 5.74) is -0.840. The average Bonchev–Trinajstić information content (AvgIpc) is 3.25. The van der Waals surface area contributed by atoms with Gasteiger partial charge in [-0.2, -0.15) is 0 Å². The van der Waals surface area contributed by atoms with Gasteiger partial charge in [-0.25, -0.2) is 0 Å². The van der Waals surface area contributed by atoms with E-state index in [-0.39, 0.29) is 24.0 Å². The maximum absolute atomic E-state index is 10.8. The van der Waals surface area contributed by atoms with Gasteiger partial charge in [0.2, 0.25) is 0 Å². The van der Waals surface area contributed by atoms with Gasteiger partial charge in [-0.3, -0.25) is 14.8 Å². The Hall–Kier alpha value is -0.460. The molecule has 0 spiro atoms. The SMILES string of the molecule is CCNC(=NCC(C)(O)CN1CCOCC1)NCC1CCN(Cc2cccs2)CC1.I. The number of guanidine groups is 1. The second kappa shape index (κ2) is 13.9. The number of likely N-dealkylation sites (tertiary alicyclic amines) is 1. The monoisotopic (exact) mass is 565 g/mol. The second-order valence-corrected chi connectivity index (χ2v) is 9.79. The van der Waals surface area contributed by atoms with Gasteiger partial charge in [0.25, 0.3) is 0 Å². The maximum Gasteiger partial charge on any atom is 0.191 e. The van der Waals surface area contributed by atoms with E-state index in [9.17, 15) is 5.11 Å².